The Morgan fingerprint density at radius 2 is 1.37 bits per heavy atom. The van der Waals surface area contributed by atoms with Crippen LogP contribution in [0.3, 0.4) is 0 Å². The summed E-state index contributed by atoms with van der Waals surface area (Å²) in [4.78, 5) is 0. The molecule has 0 unspecified atom stereocenters. The van der Waals surface area contributed by atoms with Crippen molar-refractivity contribution in [3.8, 4) is 16.9 Å². The Morgan fingerprint density at radius 3 is 1.96 bits per heavy atom. The molecular formula is C36H37F7O3. The van der Waals surface area contributed by atoms with Gasteiger partial charge in [-0.3, -0.25) is 0 Å². The molecule has 248 valence electrons. The van der Waals surface area contributed by atoms with Crippen LogP contribution in [0.1, 0.15) is 75.7 Å². The molecule has 2 fully saturated rings. The molecule has 0 atom stereocenters. The van der Waals surface area contributed by atoms with Crippen LogP contribution in [0, 0.1) is 46.8 Å². The van der Waals surface area contributed by atoms with Gasteiger partial charge in [0.15, 0.2) is 23.7 Å². The fourth-order valence-electron chi connectivity index (χ4n) is 6.32. The summed E-state index contributed by atoms with van der Waals surface area (Å²) in [6.07, 6.45) is 5.91. The first kappa shape index (κ1) is 34.0. The van der Waals surface area contributed by atoms with Crippen molar-refractivity contribution >= 4 is 6.08 Å². The zero-order valence-corrected chi connectivity index (χ0v) is 25.5. The second kappa shape index (κ2) is 15.0. The van der Waals surface area contributed by atoms with Crippen LogP contribution in [-0.4, -0.2) is 19.3 Å². The summed E-state index contributed by atoms with van der Waals surface area (Å²) in [6.45, 7) is 3.46. The lowest BCUT2D eigenvalue weighted by Gasteiger charge is -2.38. The van der Waals surface area contributed by atoms with E-state index in [1.54, 1.807) is 24.3 Å². The van der Waals surface area contributed by atoms with Gasteiger partial charge in [-0.05, 0) is 54.0 Å². The molecule has 1 aliphatic carbocycles. The number of benzene rings is 3. The third-order valence-electron chi connectivity index (χ3n) is 8.95. The first-order valence-corrected chi connectivity index (χ1v) is 15.8. The van der Waals surface area contributed by atoms with Gasteiger partial charge in [-0.25, -0.2) is 22.0 Å². The predicted octanol–water partition coefficient (Wildman–Crippen LogP) is 10.8. The molecule has 0 amide bonds. The number of unbranched alkanes of at least 4 members (excludes halogenated alkanes) is 2. The molecule has 3 nitrogen and oxygen atoms in total. The summed E-state index contributed by atoms with van der Waals surface area (Å²) in [5.41, 5.74) is 0.652. The fraction of sp³-hybridized carbons (Fsp3) is 0.444. The van der Waals surface area contributed by atoms with Gasteiger partial charge in [-0.1, -0.05) is 69.7 Å². The van der Waals surface area contributed by atoms with Gasteiger partial charge in [0.2, 0.25) is 0 Å². The second-order valence-electron chi connectivity index (χ2n) is 12.2. The van der Waals surface area contributed by atoms with Crippen molar-refractivity contribution in [3.63, 3.8) is 0 Å². The average Bonchev–Trinajstić information content (AvgIpc) is 3.03. The lowest BCUT2D eigenvalue weighted by atomic mass is 9.74. The molecule has 0 spiro atoms. The molecule has 0 aromatic heterocycles. The molecule has 1 aliphatic heterocycles. The van der Waals surface area contributed by atoms with E-state index in [1.807, 2.05) is 0 Å². The Morgan fingerprint density at radius 1 is 0.761 bits per heavy atom. The van der Waals surface area contributed by atoms with Crippen LogP contribution in [0.15, 0.2) is 54.6 Å². The maximum absolute atomic E-state index is 14.8. The Balaban J connectivity index is 1.16. The summed E-state index contributed by atoms with van der Waals surface area (Å²) in [6, 6.07) is 9.30. The van der Waals surface area contributed by atoms with E-state index in [-0.39, 0.29) is 23.8 Å². The van der Waals surface area contributed by atoms with Crippen LogP contribution >= 0.6 is 0 Å². The van der Waals surface area contributed by atoms with Crippen molar-refractivity contribution in [1.82, 2.24) is 0 Å². The predicted molar refractivity (Wildman–Crippen MR) is 160 cm³/mol. The van der Waals surface area contributed by atoms with Gasteiger partial charge < -0.3 is 14.2 Å². The molecule has 1 saturated heterocycles. The minimum Gasteiger partial charge on any atom is -0.429 e. The highest BCUT2D eigenvalue weighted by Gasteiger charge is 2.33. The first-order valence-electron chi connectivity index (χ1n) is 15.8. The molecule has 1 heterocycles. The van der Waals surface area contributed by atoms with Crippen molar-refractivity contribution in [2.75, 3.05) is 13.2 Å². The van der Waals surface area contributed by atoms with E-state index in [4.69, 9.17) is 9.47 Å². The van der Waals surface area contributed by atoms with Crippen molar-refractivity contribution in [2.24, 2.45) is 17.8 Å². The topological polar surface area (TPSA) is 27.7 Å². The fourth-order valence-corrected chi connectivity index (χ4v) is 6.32. The van der Waals surface area contributed by atoms with Gasteiger partial charge in [-0.2, -0.15) is 8.78 Å². The van der Waals surface area contributed by atoms with Crippen LogP contribution in [0.5, 0.6) is 5.75 Å². The Kier molecular flexibility index (Phi) is 11.1. The average molecular weight is 651 g/mol. The molecular weight excluding hydrogens is 613 g/mol. The number of hydrogen-bond donors (Lipinski definition) is 0. The summed E-state index contributed by atoms with van der Waals surface area (Å²) < 4.78 is 114. The van der Waals surface area contributed by atoms with Crippen molar-refractivity contribution in [1.29, 1.82) is 0 Å². The molecule has 3 aromatic rings. The number of rotatable bonds is 11. The van der Waals surface area contributed by atoms with Crippen LogP contribution < -0.4 is 4.74 Å². The minimum atomic E-state index is -4.22. The van der Waals surface area contributed by atoms with E-state index in [1.165, 1.54) is 51.4 Å². The monoisotopic (exact) mass is 650 g/mol. The Labute approximate surface area is 264 Å². The van der Waals surface area contributed by atoms with E-state index >= 15 is 0 Å². The van der Waals surface area contributed by atoms with Gasteiger partial charge in [0.05, 0.1) is 13.2 Å². The standard InChI is InChI=1S/C36H37F7O3/c1-2-3-4-5-22-6-8-24(9-7-22)27-20-44-35(45-21-27)25-12-10-23(11-13-25)26-16-30(37)29(31(38)17-26)14-15-36(42,43)46-28-18-32(39)34(41)33(40)19-28/h10-19,22,24,27,35H,2-9,20-21H2,1H3/b15-14+. The zero-order chi connectivity index (χ0) is 32.8. The van der Waals surface area contributed by atoms with Crippen molar-refractivity contribution < 1.29 is 44.9 Å². The van der Waals surface area contributed by atoms with Gasteiger partial charge in [0, 0.05) is 35.3 Å². The second-order valence-corrected chi connectivity index (χ2v) is 12.2. The van der Waals surface area contributed by atoms with Gasteiger partial charge in [0.1, 0.15) is 17.4 Å². The number of alkyl halides is 2. The Hall–Kier alpha value is -3.37. The van der Waals surface area contributed by atoms with E-state index in [0.29, 0.717) is 36.7 Å². The zero-order valence-electron chi connectivity index (χ0n) is 25.5. The highest BCUT2D eigenvalue weighted by atomic mass is 19.3. The normalized spacial score (nSPS) is 22.3. The van der Waals surface area contributed by atoms with Crippen LogP contribution in [-0.2, 0) is 9.47 Å². The summed E-state index contributed by atoms with van der Waals surface area (Å²) >= 11 is 0. The van der Waals surface area contributed by atoms with Crippen molar-refractivity contribution in [2.45, 2.75) is 70.7 Å². The summed E-state index contributed by atoms with van der Waals surface area (Å²) in [5.74, 6) is -6.75. The van der Waals surface area contributed by atoms with Crippen molar-refractivity contribution in [3.05, 3.63) is 94.8 Å². The van der Waals surface area contributed by atoms with Crippen LogP contribution in [0.4, 0.5) is 30.7 Å². The van der Waals surface area contributed by atoms with E-state index in [0.717, 1.165) is 23.6 Å². The van der Waals surface area contributed by atoms with E-state index in [2.05, 4.69) is 11.7 Å². The third-order valence-corrected chi connectivity index (χ3v) is 8.95. The number of hydrogen-bond acceptors (Lipinski definition) is 3. The molecule has 2 aliphatic rings. The molecule has 3 aromatic carbocycles. The third kappa shape index (κ3) is 8.50. The maximum Gasteiger partial charge on any atom is 0.419 e. The molecule has 46 heavy (non-hydrogen) atoms. The highest BCUT2D eigenvalue weighted by Crippen LogP contribution is 2.39. The minimum absolute atomic E-state index is 0.0243. The lowest BCUT2D eigenvalue weighted by Crippen LogP contribution is -2.34. The number of ether oxygens (including phenoxy) is 3. The number of halogens is 7. The highest BCUT2D eigenvalue weighted by molar-refractivity contribution is 5.67. The quantitative estimate of drug-likeness (QED) is 0.117. The van der Waals surface area contributed by atoms with Gasteiger partial charge >= 0.3 is 6.11 Å². The van der Waals surface area contributed by atoms with Gasteiger partial charge in [-0.15, -0.1) is 0 Å². The largest absolute Gasteiger partial charge is 0.429 e. The molecule has 10 heteroatoms. The van der Waals surface area contributed by atoms with Crippen LogP contribution in [0.25, 0.3) is 17.2 Å². The van der Waals surface area contributed by atoms with Crippen LogP contribution in [0.2, 0.25) is 0 Å². The SMILES string of the molecule is CCCCCC1CCC(C2COC(c3ccc(-c4cc(F)c(/C=C/C(F)(F)Oc5cc(F)c(F)c(F)c5)c(F)c4)cc3)OC2)CC1. The Bertz CT molecular complexity index is 1450. The molecule has 5 rings (SSSR count). The summed E-state index contributed by atoms with van der Waals surface area (Å²) in [7, 11) is 0. The smallest absolute Gasteiger partial charge is 0.419 e. The maximum atomic E-state index is 14.8. The lowest BCUT2D eigenvalue weighted by molar-refractivity contribution is -0.214. The van der Waals surface area contributed by atoms with E-state index in [9.17, 15) is 30.7 Å². The molecule has 0 bridgehead atoms. The molecule has 0 radical (unpaired) electrons. The molecule has 0 N–H and O–H groups in total. The van der Waals surface area contributed by atoms with E-state index < -0.39 is 52.8 Å². The van der Waals surface area contributed by atoms with Gasteiger partial charge in [0.25, 0.3) is 0 Å². The first-order chi connectivity index (χ1) is 22.0. The molecule has 1 saturated carbocycles. The summed E-state index contributed by atoms with van der Waals surface area (Å²) in [5, 5.41) is 0.